The first-order chi connectivity index (χ1) is 9.43. The first-order valence-electron chi connectivity index (χ1n) is 6.89. The molecule has 19 heavy (non-hydrogen) atoms. The monoisotopic (exact) mass is 250 g/mol. The maximum atomic E-state index is 4.58. The summed E-state index contributed by atoms with van der Waals surface area (Å²) in [5.41, 5.74) is 2.12. The summed E-state index contributed by atoms with van der Waals surface area (Å²) in [6.07, 6.45) is 2.78. The van der Waals surface area contributed by atoms with Gasteiger partial charge >= 0.3 is 0 Å². The Morgan fingerprint density at radius 1 is 0.737 bits per heavy atom. The molecule has 0 unspecified atom stereocenters. The summed E-state index contributed by atoms with van der Waals surface area (Å²) in [6.45, 7) is 2.50. The van der Waals surface area contributed by atoms with Crippen LogP contribution in [0.3, 0.4) is 0 Å². The average molecular weight is 250 g/mol. The van der Waals surface area contributed by atoms with Crippen molar-refractivity contribution in [1.29, 1.82) is 0 Å². The number of hydrogen-bond acceptors (Lipinski definition) is 2. The molecular formula is C17H18N2. The second-order valence-electron chi connectivity index (χ2n) is 4.83. The van der Waals surface area contributed by atoms with E-state index in [1.54, 1.807) is 0 Å². The van der Waals surface area contributed by atoms with Crippen LogP contribution in [-0.2, 0) is 0 Å². The van der Waals surface area contributed by atoms with Crippen LogP contribution in [0.2, 0.25) is 0 Å². The zero-order valence-corrected chi connectivity index (χ0v) is 11.0. The van der Waals surface area contributed by atoms with E-state index in [1.807, 2.05) is 36.4 Å². The summed E-state index contributed by atoms with van der Waals surface area (Å²) in [5, 5.41) is 5.62. The first kappa shape index (κ1) is 12.1. The molecule has 2 heterocycles. The lowest BCUT2D eigenvalue weighted by Crippen LogP contribution is -2.03. The predicted molar refractivity (Wildman–Crippen MR) is 81.4 cm³/mol. The lowest BCUT2D eigenvalue weighted by Gasteiger charge is -1.99. The maximum Gasteiger partial charge on any atom is 0.0709 e. The zero-order chi connectivity index (χ0) is 12.9. The standard InChI is InChI=1S/C13H9N.C4H9N/c1-3-7-12-10(5-1)9-11-6-2-4-8-13(11)14-12;1-2-4-5-3-1/h1-9H;5H,1-4H2. The van der Waals surface area contributed by atoms with E-state index >= 15 is 0 Å². The van der Waals surface area contributed by atoms with Gasteiger partial charge in [-0.15, -0.1) is 0 Å². The van der Waals surface area contributed by atoms with Gasteiger partial charge < -0.3 is 5.32 Å². The highest BCUT2D eigenvalue weighted by Crippen LogP contribution is 2.18. The molecule has 3 aromatic rings. The van der Waals surface area contributed by atoms with Crippen LogP contribution in [0.1, 0.15) is 12.8 Å². The molecule has 0 radical (unpaired) electrons. The number of aromatic nitrogens is 1. The normalized spacial score (nSPS) is 14.3. The number of hydrogen-bond donors (Lipinski definition) is 1. The fraction of sp³-hybridized carbons (Fsp3) is 0.235. The number of fused-ring (bicyclic) bond motifs is 2. The van der Waals surface area contributed by atoms with Gasteiger partial charge in [0, 0.05) is 10.8 Å². The summed E-state index contributed by atoms with van der Waals surface area (Å²) in [6, 6.07) is 18.6. The van der Waals surface area contributed by atoms with E-state index < -0.39 is 0 Å². The number of nitrogens with one attached hydrogen (secondary N) is 1. The van der Waals surface area contributed by atoms with Crippen molar-refractivity contribution in [3.63, 3.8) is 0 Å². The summed E-state index contributed by atoms with van der Waals surface area (Å²) in [4.78, 5) is 4.58. The van der Waals surface area contributed by atoms with E-state index in [0.29, 0.717) is 0 Å². The van der Waals surface area contributed by atoms with Gasteiger partial charge in [-0.2, -0.15) is 0 Å². The number of para-hydroxylation sites is 2. The highest BCUT2D eigenvalue weighted by Gasteiger charge is 1.96. The molecule has 0 aliphatic carbocycles. The van der Waals surface area contributed by atoms with Gasteiger partial charge in [0.05, 0.1) is 11.0 Å². The van der Waals surface area contributed by atoms with Crippen molar-refractivity contribution < 1.29 is 0 Å². The maximum absolute atomic E-state index is 4.58. The van der Waals surface area contributed by atoms with Crippen molar-refractivity contribution in [2.75, 3.05) is 13.1 Å². The Morgan fingerprint density at radius 2 is 1.26 bits per heavy atom. The molecule has 1 aliphatic heterocycles. The van der Waals surface area contributed by atoms with E-state index in [0.717, 1.165) is 11.0 Å². The van der Waals surface area contributed by atoms with Crippen molar-refractivity contribution in [2.24, 2.45) is 0 Å². The molecule has 0 saturated carbocycles. The van der Waals surface area contributed by atoms with Crippen molar-refractivity contribution in [3.05, 3.63) is 54.6 Å². The second kappa shape index (κ2) is 5.81. The van der Waals surface area contributed by atoms with Crippen LogP contribution in [0.5, 0.6) is 0 Å². The quantitative estimate of drug-likeness (QED) is 0.614. The van der Waals surface area contributed by atoms with Crippen LogP contribution in [0.15, 0.2) is 54.6 Å². The van der Waals surface area contributed by atoms with E-state index in [1.165, 1.54) is 36.7 Å². The molecule has 0 amide bonds. The highest BCUT2D eigenvalue weighted by molar-refractivity contribution is 5.92. The van der Waals surface area contributed by atoms with Gasteiger partial charge in [-0.05, 0) is 44.1 Å². The first-order valence-corrected chi connectivity index (χ1v) is 6.89. The van der Waals surface area contributed by atoms with E-state index in [4.69, 9.17) is 0 Å². The van der Waals surface area contributed by atoms with Crippen molar-refractivity contribution in [1.82, 2.24) is 10.3 Å². The smallest absolute Gasteiger partial charge is 0.0709 e. The minimum Gasteiger partial charge on any atom is -0.317 e. The predicted octanol–water partition coefficient (Wildman–Crippen LogP) is 3.76. The van der Waals surface area contributed by atoms with Gasteiger partial charge in [0.1, 0.15) is 0 Å². The van der Waals surface area contributed by atoms with Gasteiger partial charge in [0.15, 0.2) is 0 Å². The van der Waals surface area contributed by atoms with Crippen molar-refractivity contribution in [2.45, 2.75) is 12.8 Å². The molecule has 2 nitrogen and oxygen atoms in total. The van der Waals surface area contributed by atoms with Gasteiger partial charge in [0.2, 0.25) is 0 Å². The number of nitrogens with zero attached hydrogens (tertiary/aromatic N) is 1. The fourth-order valence-electron chi connectivity index (χ4n) is 2.35. The van der Waals surface area contributed by atoms with E-state index in [-0.39, 0.29) is 0 Å². The lowest BCUT2D eigenvalue weighted by atomic mass is 10.1. The van der Waals surface area contributed by atoms with E-state index in [9.17, 15) is 0 Å². The number of rotatable bonds is 0. The largest absolute Gasteiger partial charge is 0.317 e. The van der Waals surface area contributed by atoms with Gasteiger partial charge in [-0.25, -0.2) is 4.98 Å². The molecule has 2 aromatic carbocycles. The van der Waals surface area contributed by atoms with Crippen LogP contribution < -0.4 is 5.32 Å². The molecule has 96 valence electrons. The molecule has 1 saturated heterocycles. The molecule has 1 N–H and O–H groups in total. The van der Waals surface area contributed by atoms with Crippen molar-refractivity contribution in [3.8, 4) is 0 Å². The topological polar surface area (TPSA) is 24.9 Å². The molecule has 1 aromatic heterocycles. The Morgan fingerprint density at radius 3 is 1.74 bits per heavy atom. The van der Waals surface area contributed by atoms with Crippen LogP contribution in [0.25, 0.3) is 21.8 Å². The average Bonchev–Trinajstić information content (AvgIpc) is 3.04. The zero-order valence-electron chi connectivity index (χ0n) is 11.0. The third-order valence-corrected chi connectivity index (χ3v) is 3.38. The fourth-order valence-corrected chi connectivity index (χ4v) is 2.35. The summed E-state index contributed by atoms with van der Waals surface area (Å²) in [7, 11) is 0. The van der Waals surface area contributed by atoms with Crippen LogP contribution in [0, 0.1) is 0 Å². The van der Waals surface area contributed by atoms with E-state index in [2.05, 4.69) is 28.5 Å². The summed E-state index contributed by atoms with van der Waals surface area (Å²) >= 11 is 0. The molecule has 1 aliphatic rings. The second-order valence-corrected chi connectivity index (χ2v) is 4.83. The Hall–Kier alpha value is -1.93. The Kier molecular flexibility index (Phi) is 3.70. The van der Waals surface area contributed by atoms with Crippen LogP contribution in [0.4, 0.5) is 0 Å². The van der Waals surface area contributed by atoms with Crippen LogP contribution in [-0.4, -0.2) is 18.1 Å². The van der Waals surface area contributed by atoms with Gasteiger partial charge in [-0.3, -0.25) is 0 Å². The SMILES string of the molecule is C1CCNC1.c1ccc2nc3ccccc3cc2c1. The summed E-state index contributed by atoms with van der Waals surface area (Å²) < 4.78 is 0. The van der Waals surface area contributed by atoms with Gasteiger partial charge in [-0.1, -0.05) is 36.4 Å². The molecule has 2 heteroatoms. The molecule has 0 atom stereocenters. The number of benzene rings is 2. The summed E-state index contributed by atoms with van der Waals surface area (Å²) in [5.74, 6) is 0. The third kappa shape index (κ3) is 2.91. The Bertz CT molecular complexity index is 559. The number of pyridine rings is 1. The highest BCUT2D eigenvalue weighted by atomic mass is 14.9. The molecule has 1 fully saturated rings. The molecule has 4 rings (SSSR count). The minimum atomic E-state index is 1.06. The molecule has 0 bridgehead atoms. The minimum absolute atomic E-state index is 1.06. The third-order valence-electron chi connectivity index (χ3n) is 3.38. The van der Waals surface area contributed by atoms with Crippen LogP contribution >= 0.6 is 0 Å². The lowest BCUT2D eigenvalue weighted by molar-refractivity contribution is 0.857. The Balaban J connectivity index is 0.000000187. The Labute approximate surface area is 113 Å². The molecule has 0 spiro atoms. The van der Waals surface area contributed by atoms with Crippen molar-refractivity contribution >= 4 is 21.8 Å². The van der Waals surface area contributed by atoms with Gasteiger partial charge in [0.25, 0.3) is 0 Å². The molecular weight excluding hydrogens is 232 g/mol.